The molecule has 6 heteroatoms. The molecule has 0 aliphatic carbocycles. The zero-order chi connectivity index (χ0) is 15.0. The first kappa shape index (κ1) is 13.5. The van der Waals surface area contributed by atoms with Gasteiger partial charge in [-0.15, -0.1) is 15.3 Å². The molecule has 108 valence electrons. The van der Waals surface area contributed by atoms with E-state index in [-0.39, 0.29) is 11.9 Å². The van der Waals surface area contributed by atoms with Crippen molar-refractivity contribution in [3.63, 3.8) is 0 Å². The Bertz CT molecular complexity index is 796. The monoisotopic (exact) mass is 285 g/mol. The molecular formula is C15H16FN5. The highest BCUT2D eigenvalue weighted by Crippen LogP contribution is 2.20. The van der Waals surface area contributed by atoms with Crippen LogP contribution in [0, 0.1) is 19.7 Å². The number of aryl methyl sites for hydroxylation is 2. The van der Waals surface area contributed by atoms with Crippen molar-refractivity contribution in [1.29, 1.82) is 0 Å². The van der Waals surface area contributed by atoms with E-state index in [9.17, 15) is 4.39 Å². The summed E-state index contributed by atoms with van der Waals surface area (Å²) in [5, 5.41) is 15.6. The van der Waals surface area contributed by atoms with Crippen LogP contribution in [0.2, 0.25) is 0 Å². The minimum atomic E-state index is -0.195. The fourth-order valence-corrected chi connectivity index (χ4v) is 2.16. The normalized spacial score (nSPS) is 12.6. The lowest BCUT2D eigenvalue weighted by Crippen LogP contribution is -2.10. The minimum absolute atomic E-state index is 0.0539. The molecule has 3 aromatic rings. The Morgan fingerprint density at radius 3 is 2.71 bits per heavy atom. The molecule has 0 bridgehead atoms. The highest BCUT2D eigenvalue weighted by Gasteiger charge is 2.10. The van der Waals surface area contributed by atoms with Crippen LogP contribution in [0.4, 0.5) is 10.2 Å². The fourth-order valence-electron chi connectivity index (χ4n) is 2.16. The van der Waals surface area contributed by atoms with Gasteiger partial charge in [0.2, 0.25) is 0 Å². The Labute approximate surface area is 121 Å². The van der Waals surface area contributed by atoms with Crippen LogP contribution in [0.25, 0.3) is 5.65 Å². The SMILES string of the molecule is Cc1ccc(C(C)Nc2ccc3nnc(C)n3n2)cc1F. The molecule has 1 unspecified atom stereocenters. The van der Waals surface area contributed by atoms with Crippen molar-refractivity contribution in [1.82, 2.24) is 19.8 Å². The minimum Gasteiger partial charge on any atom is -0.362 e. The van der Waals surface area contributed by atoms with E-state index in [1.165, 1.54) is 0 Å². The zero-order valence-corrected chi connectivity index (χ0v) is 12.1. The molecule has 0 saturated carbocycles. The molecule has 0 saturated heterocycles. The molecule has 0 aliphatic rings. The highest BCUT2D eigenvalue weighted by molar-refractivity contribution is 5.45. The predicted octanol–water partition coefficient (Wildman–Crippen LogP) is 3.05. The van der Waals surface area contributed by atoms with Gasteiger partial charge in [-0.05, 0) is 50.1 Å². The quantitative estimate of drug-likeness (QED) is 0.803. The van der Waals surface area contributed by atoms with Crippen molar-refractivity contribution in [2.75, 3.05) is 5.32 Å². The van der Waals surface area contributed by atoms with Gasteiger partial charge in [0, 0.05) is 0 Å². The van der Waals surface area contributed by atoms with Crippen molar-refractivity contribution in [2.24, 2.45) is 0 Å². The molecule has 0 aliphatic heterocycles. The van der Waals surface area contributed by atoms with Gasteiger partial charge < -0.3 is 5.32 Å². The number of hydrogen-bond acceptors (Lipinski definition) is 4. The van der Waals surface area contributed by atoms with Crippen LogP contribution in [-0.2, 0) is 0 Å². The molecule has 3 rings (SSSR count). The van der Waals surface area contributed by atoms with Gasteiger partial charge >= 0.3 is 0 Å². The van der Waals surface area contributed by atoms with E-state index < -0.39 is 0 Å². The molecule has 1 aromatic carbocycles. The predicted molar refractivity (Wildman–Crippen MR) is 78.7 cm³/mol. The van der Waals surface area contributed by atoms with Crippen LogP contribution in [0.3, 0.4) is 0 Å². The third kappa shape index (κ3) is 2.56. The van der Waals surface area contributed by atoms with E-state index in [4.69, 9.17) is 0 Å². The maximum Gasteiger partial charge on any atom is 0.178 e. The summed E-state index contributed by atoms with van der Waals surface area (Å²) in [6.07, 6.45) is 0. The second-order valence-electron chi connectivity index (χ2n) is 5.11. The summed E-state index contributed by atoms with van der Waals surface area (Å²) in [5.41, 5.74) is 2.22. The molecule has 5 nitrogen and oxygen atoms in total. The van der Waals surface area contributed by atoms with Gasteiger partial charge in [0.15, 0.2) is 11.5 Å². The van der Waals surface area contributed by atoms with E-state index in [2.05, 4.69) is 20.6 Å². The van der Waals surface area contributed by atoms with E-state index in [0.29, 0.717) is 17.0 Å². The maximum absolute atomic E-state index is 13.6. The third-order valence-electron chi connectivity index (χ3n) is 3.48. The molecule has 21 heavy (non-hydrogen) atoms. The number of nitrogens with zero attached hydrogens (tertiary/aromatic N) is 4. The second kappa shape index (κ2) is 5.12. The highest BCUT2D eigenvalue weighted by atomic mass is 19.1. The topological polar surface area (TPSA) is 55.1 Å². The van der Waals surface area contributed by atoms with E-state index in [1.54, 1.807) is 23.6 Å². The lowest BCUT2D eigenvalue weighted by molar-refractivity contribution is 0.614. The van der Waals surface area contributed by atoms with E-state index >= 15 is 0 Å². The van der Waals surface area contributed by atoms with Crippen LogP contribution in [-0.4, -0.2) is 19.8 Å². The molecule has 2 aromatic heterocycles. The lowest BCUT2D eigenvalue weighted by Gasteiger charge is -2.15. The number of rotatable bonds is 3. The van der Waals surface area contributed by atoms with E-state index in [0.717, 1.165) is 11.4 Å². The largest absolute Gasteiger partial charge is 0.362 e. The number of fused-ring (bicyclic) bond motifs is 1. The Hall–Kier alpha value is -2.50. The van der Waals surface area contributed by atoms with Crippen LogP contribution in [0.1, 0.15) is 29.9 Å². The summed E-state index contributed by atoms with van der Waals surface area (Å²) in [6, 6.07) is 8.88. The van der Waals surface area contributed by atoms with Crippen LogP contribution < -0.4 is 5.32 Å². The maximum atomic E-state index is 13.6. The summed E-state index contributed by atoms with van der Waals surface area (Å²) in [4.78, 5) is 0. The van der Waals surface area contributed by atoms with E-state index in [1.807, 2.05) is 32.0 Å². The first-order valence-electron chi connectivity index (χ1n) is 6.76. The average Bonchev–Trinajstić information content (AvgIpc) is 2.83. The number of hydrogen-bond donors (Lipinski definition) is 1. The van der Waals surface area contributed by atoms with Crippen LogP contribution >= 0.6 is 0 Å². The fraction of sp³-hybridized carbons (Fsp3) is 0.267. The third-order valence-corrected chi connectivity index (χ3v) is 3.48. The molecule has 0 radical (unpaired) electrons. The van der Waals surface area contributed by atoms with Crippen molar-refractivity contribution < 1.29 is 4.39 Å². The molecule has 1 atom stereocenters. The summed E-state index contributed by atoms with van der Waals surface area (Å²) in [7, 11) is 0. The van der Waals surface area contributed by atoms with Crippen molar-refractivity contribution in [3.05, 3.63) is 53.1 Å². The number of benzene rings is 1. The number of aromatic nitrogens is 4. The van der Waals surface area contributed by atoms with Gasteiger partial charge in [-0.1, -0.05) is 12.1 Å². The molecule has 2 heterocycles. The zero-order valence-electron chi connectivity index (χ0n) is 12.1. The van der Waals surface area contributed by atoms with Crippen LogP contribution in [0.5, 0.6) is 0 Å². The Kier molecular flexibility index (Phi) is 3.29. The summed E-state index contributed by atoms with van der Waals surface area (Å²) in [5.74, 6) is 1.22. The molecular weight excluding hydrogens is 269 g/mol. The first-order valence-corrected chi connectivity index (χ1v) is 6.76. The van der Waals surface area contributed by atoms with Gasteiger partial charge in [-0.3, -0.25) is 0 Å². The van der Waals surface area contributed by atoms with Gasteiger partial charge in [0.25, 0.3) is 0 Å². The number of halogens is 1. The molecule has 0 spiro atoms. The molecule has 1 N–H and O–H groups in total. The molecule has 0 fully saturated rings. The van der Waals surface area contributed by atoms with Crippen LogP contribution in [0.15, 0.2) is 30.3 Å². The second-order valence-corrected chi connectivity index (χ2v) is 5.11. The van der Waals surface area contributed by atoms with Crippen molar-refractivity contribution in [3.8, 4) is 0 Å². The Balaban J connectivity index is 1.86. The summed E-state index contributed by atoms with van der Waals surface area (Å²) < 4.78 is 15.3. The Morgan fingerprint density at radius 1 is 1.14 bits per heavy atom. The van der Waals surface area contributed by atoms with Gasteiger partial charge in [-0.2, -0.15) is 4.52 Å². The van der Waals surface area contributed by atoms with Crippen molar-refractivity contribution >= 4 is 11.5 Å². The van der Waals surface area contributed by atoms with Gasteiger partial charge in [0.1, 0.15) is 11.6 Å². The summed E-state index contributed by atoms with van der Waals surface area (Å²) in [6.45, 7) is 5.56. The number of nitrogens with one attached hydrogen (secondary N) is 1. The smallest absolute Gasteiger partial charge is 0.178 e. The average molecular weight is 285 g/mol. The summed E-state index contributed by atoms with van der Waals surface area (Å²) >= 11 is 0. The molecule has 0 amide bonds. The van der Waals surface area contributed by atoms with Gasteiger partial charge in [0.05, 0.1) is 6.04 Å². The Morgan fingerprint density at radius 2 is 1.95 bits per heavy atom. The van der Waals surface area contributed by atoms with Gasteiger partial charge in [-0.25, -0.2) is 4.39 Å². The van der Waals surface area contributed by atoms with Crippen molar-refractivity contribution in [2.45, 2.75) is 26.8 Å². The lowest BCUT2D eigenvalue weighted by atomic mass is 10.1. The first-order chi connectivity index (χ1) is 10.0. The standard InChI is InChI=1S/C15H16FN5/c1-9-4-5-12(8-13(9)16)10(2)17-14-6-7-15-19-18-11(3)21(15)20-14/h4-8,10H,1-3H3,(H,17,20). The number of anilines is 1.